The molecule has 0 bridgehead atoms. The Labute approximate surface area is 134 Å². The zero-order valence-electron chi connectivity index (χ0n) is 12.9. The minimum Gasteiger partial charge on any atom is -0.493 e. The van der Waals surface area contributed by atoms with Crippen molar-refractivity contribution in [3.8, 4) is 11.5 Å². The number of aryl methyl sites for hydroxylation is 1. The molecule has 0 saturated carbocycles. The van der Waals surface area contributed by atoms with Gasteiger partial charge in [0, 0.05) is 4.88 Å². The molecular formula is C15H20N4O2S. The molecule has 0 amide bonds. The predicted octanol–water partition coefficient (Wildman–Crippen LogP) is 2.07. The van der Waals surface area contributed by atoms with Crippen molar-refractivity contribution in [1.82, 2.24) is 10.3 Å². The lowest BCUT2D eigenvalue weighted by Crippen LogP contribution is -2.31. The first-order valence-corrected chi connectivity index (χ1v) is 7.65. The van der Waals surface area contributed by atoms with Gasteiger partial charge in [0.2, 0.25) is 0 Å². The third kappa shape index (κ3) is 4.11. The van der Waals surface area contributed by atoms with Gasteiger partial charge in [0.1, 0.15) is 0 Å². The smallest absolute Gasteiger partial charge is 0.189 e. The summed E-state index contributed by atoms with van der Waals surface area (Å²) in [6.45, 7) is 3.09. The van der Waals surface area contributed by atoms with Crippen molar-refractivity contribution in [2.75, 3.05) is 14.2 Å². The summed E-state index contributed by atoms with van der Waals surface area (Å²) < 4.78 is 10.5. The van der Waals surface area contributed by atoms with Crippen molar-refractivity contribution in [3.05, 3.63) is 39.8 Å². The topological polar surface area (TPSA) is 81.8 Å². The second kappa shape index (κ2) is 7.65. The van der Waals surface area contributed by atoms with E-state index in [1.165, 1.54) is 0 Å². The average Bonchev–Trinajstić information content (AvgIpc) is 2.95. The number of nitrogens with zero attached hydrogens (tertiary/aromatic N) is 2. The van der Waals surface area contributed by atoms with E-state index >= 15 is 0 Å². The second-order valence-electron chi connectivity index (χ2n) is 4.61. The number of aliphatic imine (C=N–C) groups is 1. The Morgan fingerprint density at radius 2 is 2.09 bits per heavy atom. The summed E-state index contributed by atoms with van der Waals surface area (Å²) in [6.07, 6.45) is 0. The Balaban J connectivity index is 1.94. The lowest BCUT2D eigenvalue weighted by Gasteiger charge is -2.09. The van der Waals surface area contributed by atoms with E-state index in [0.717, 1.165) is 16.1 Å². The molecule has 0 atom stereocenters. The van der Waals surface area contributed by atoms with Crippen molar-refractivity contribution in [3.63, 3.8) is 0 Å². The summed E-state index contributed by atoms with van der Waals surface area (Å²) in [6, 6.07) is 5.68. The zero-order valence-corrected chi connectivity index (χ0v) is 13.7. The van der Waals surface area contributed by atoms with Crippen LogP contribution in [0.25, 0.3) is 0 Å². The van der Waals surface area contributed by atoms with Crippen LogP contribution < -0.4 is 20.5 Å². The Morgan fingerprint density at radius 1 is 1.32 bits per heavy atom. The fourth-order valence-electron chi connectivity index (χ4n) is 1.88. The van der Waals surface area contributed by atoms with Crippen LogP contribution in [0.15, 0.2) is 28.7 Å². The van der Waals surface area contributed by atoms with E-state index in [1.807, 2.05) is 30.6 Å². The molecule has 1 aromatic heterocycles. The summed E-state index contributed by atoms with van der Waals surface area (Å²) in [5, 5.41) is 3.09. The van der Waals surface area contributed by atoms with E-state index in [-0.39, 0.29) is 0 Å². The van der Waals surface area contributed by atoms with Gasteiger partial charge in [-0.1, -0.05) is 6.07 Å². The minimum atomic E-state index is 0.405. The van der Waals surface area contributed by atoms with Crippen LogP contribution in [0.1, 0.15) is 16.1 Å². The van der Waals surface area contributed by atoms with Gasteiger partial charge in [-0.2, -0.15) is 0 Å². The first-order chi connectivity index (χ1) is 10.6. The quantitative estimate of drug-likeness (QED) is 0.629. The summed E-state index contributed by atoms with van der Waals surface area (Å²) in [7, 11) is 3.22. The summed E-state index contributed by atoms with van der Waals surface area (Å²) in [5.41, 5.74) is 9.72. The first-order valence-electron chi connectivity index (χ1n) is 6.77. The molecule has 0 saturated heterocycles. The molecule has 1 aromatic carbocycles. The fourth-order valence-corrected chi connectivity index (χ4v) is 2.59. The lowest BCUT2D eigenvalue weighted by molar-refractivity contribution is 0.354. The van der Waals surface area contributed by atoms with E-state index in [2.05, 4.69) is 15.3 Å². The highest BCUT2D eigenvalue weighted by Gasteiger charge is 2.05. The molecule has 3 N–H and O–H groups in total. The van der Waals surface area contributed by atoms with Gasteiger partial charge in [-0.25, -0.2) is 9.98 Å². The molecule has 0 aliphatic heterocycles. The van der Waals surface area contributed by atoms with Gasteiger partial charge in [-0.3, -0.25) is 0 Å². The van der Waals surface area contributed by atoms with Gasteiger partial charge in [0.05, 0.1) is 38.5 Å². The molecule has 7 heteroatoms. The van der Waals surface area contributed by atoms with Gasteiger partial charge in [-0.15, -0.1) is 11.3 Å². The van der Waals surface area contributed by atoms with Gasteiger partial charge in [0.15, 0.2) is 17.5 Å². The van der Waals surface area contributed by atoms with Crippen LogP contribution in [0.4, 0.5) is 0 Å². The monoisotopic (exact) mass is 320 g/mol. The Bertz CT molecular complexity index is 655. The van der Waals surface area contributed by atoms with Crippen molar-refractivity contribution >= 4 is 17.3 Å². The van der Waals surface area contributed by atoms with E-state index in [0.29, 0.717) is 30.5 Å². The summed E-state index contributed by atoms with van der Waals surface area (Å²) in [4.78, 5) is 9.68. The maximum absolute atomic E-state index is 5.88. The number of hydrogen-bond donors (Lipinski definition) is 2. The minimum absolute atomic E-state index is 0.405. The molecule has 2 rings (SSSR count). The number of nitrogens with one attached hydrogen (secondary N) is 1. The van der Waals surface area contributed by atoms with E-state index in [4.69, 9.17) is 15.2 Å². The molecule has 0 radical (unpaired) electrons. The largest absolute Gasteiger partial charge is 0.493 e. The van der Waals surface area contributed by atoms with Crippen LogP contribution in [0.2, 0.25) is 0 Å². The number of guanidine groups is 1. The number of aromatic nitrogens is 1. The molecule has 2 aromatic rings. The highest BCUT2D eigenvalue weighted by atomic mass is 32.1. The van der Waals surface area contributed by atoms with Gasteiger partial charge >= 0.3 is 0 Å². The molecule has 118 valence electrons. The van der Waals surface area contributed by atoms with Crippen LogP contribution >= 0.6 is 11.3 Å². The maximum Gasteiger partial charge on any atom is 0.189 e. The van der Waals surface area contributed by atoms with Gasteiger partial charge in [-0.05, 0) is 24.6 Å². The van der Waals surface area contributed by atoms with Crippen molar-refractivity contribution in [2.45, 2.75) is 20.0 Å². The van der Waals surface area contributed by atoms with Gasteiger partial charge < -0.3 is 20.5 Å². The number of rotatable bonds is 6. The SMILES string of the molecule is COc1ccc(CN=C(N)NCc2scnc2C)cc1OC. The molecule has 22 heavy (non-hydrogen) atoms. The molecule has 0 unspecified atom stereocenters. The Hall–Kier alpha value is -2.28. The number of methoxy groups -OCH3 is 2. The number of ether oxygens (including phenoxy) is 2. The molecule has 6 nitrogen and oxygen atoms in total. The average molecular weight is 320 g/mol. The Morgan fingerprint density at radius 3 is 2.73 bits per heavy atom. The van der Waals surface area contributed by atoms with E-state index < -0.39 is 0 Å². The van der Waals surface area contributed by atoms with E-state index in [1.54, 1.807) is 25.6 Å². The number of hydrogen-bond acceptors (Lipinski definition) is 5. The van der Waals surface area contributed by atoms with Crippen LogP contribution in [0, 0.1) is 6.92 Å². The molecule has 0 aliphatic rings. The highest BCUT2D eigenvalue weighted by molar-refractivity contribution is 7.09. The standard InChI is InChI=1S/C15H20N4O2S/c1-10-14(22-9-19-10)8-18-15(16)17-7-11-4-5-12(20-2)13(6-11)21-3/h4-6,9H,7-8H2,1-3H3,(H3,16,17,18). The van der Waals surface area contributed by atoms with E-state index in [9.17, 15) is 0 Å². The summed E-state index contributed by atoms with van der Waals surface area (Å²) >= 11 is 1.60. The molecular weight excluding hydrogens is 300 g/mol. The maximum atomic E-state index is 5.88. The van der Waals surface area contributed by atoms with Crippen LogP contribution in [-0.4, -0.2) is 25.2 Å². The lowest BCUT2D eigenvalue weighted by atomic mass is 10.2. The number of nitrogens with two attached hydrogens (primary N) is 1. The molecule has 0 spiro atoms. The number of benzene rings is 1. The molecule has 0 aliphatic carbocycles. The van der Waals surface area contributed by atoms with Crippen molar-refractivity contribution < 1.29 is 9.47 Å². The summed E-state index contributed by atoms with van der Waals surface area (Å²) in [5.74, 6) is 1.78. The normalized spacial score (nSPS) is 11.3. The van der Waals surface area contributed by atoms with Crippen molar-refractivity contribution in [2.24, 2.45) is 10.7 Å². The Kier molecular flexibility index (Phi) is 5.60. The van der Waals surface area contributed by atoms with Crippen LogP contribution in [-0.2, 0) is 13.1 Å². The molecule has 1 heterocycles. The van der Waals surface area contributed by atoms with Gasteiger partial charge in [0.25, 0.3) is 0 Å². The predicted molar refractivity (Wildman–Crippen MR) is 88.6 cm³/mol. The second-order valence-corrected chi connectivity index (χ2v) is 5.54. The van der Waals surface area contributed by atoms with Crippen LogP contribution in [0.5, 0.6) is 11.5 Å². The van der Waals surface area contributed by atoms with Crippen molar-refractivity contribution in [1.29, 1.82) is 0 Å². The third-order valence-corrected chi connectivity index (χ3v) is 4.09. The first kappa shape index (κ1) is 16.1. The fraction of sp³-hybridized carbons (Fsp3) is 0.333. The number of thiazole rings is 1. The third-order valence-electron chi connectivity index (χ3n) is 3.15. The van der Waals surface area contributed by atoms with Crippen LogP contribution in [0.3, 0.4) is 0 Å². The molecule has 0 fully saturated rings. The highest BCUT2D eigenvalue weighted by Crippen LogP contribution is 2.27. The zero-order chi connectivity index (χ0) is 15.9.